The Hall–Kier alpha value is -1.10. The molecule has 1 aromatic rings. The van der Waals surface area contributed by atoms with E-state index in [-0.39, 0.29) is 18.1 Å². The molecule has 1 saturated heterocycles. The van der Waals surface area contributed by atoms with Crippen molar-refractivity contribution in [3.63, 3.8) is 0 Å². The highest BCUT2D eigenvalue weighted by Crippen LogP contribution is 2.22. The summed E-state index contributed by atoms with van der Waals surface area (Å²) in [7, 11) is 0. The third-order valence-electron chi connectivity index (χ3n) is 3.60. The van der Waals surface area contributed by atoms with Crippen LogP contribution in [0, 0.1) is 0 Å². The average molecular weight is 297 g/mol. The molecule has 110 valence electrons. The second-order valence-electron chi connectivity index (χ2n) is 5.04. The Morgan fingerprint density at radius 2 is 2.30 bits per heavy atom. The molecule has 0 aliphatic carbocycles. The summed E-state index contributed by atoms with van der Waals surface area (Å²) < 4.78 is 5.67. The lowest BCUT2D eigenvalue weighted by Gasteiger charge is -2.24. The zero-order chi connectivity index (χ0) is 14.5. The van der Waals surface area contributed by atoms with Gasteiger partial charge in [0.2, 0.25) is 0 Å². The van der Waals surface area contributed by atoms with Crippen molar-refractivity contribution in [1.82, 2.24) is 4.90 Å². The molecule has 0 bridgehead atoms. The predicted octanol–water partition coefficient (Wildman–Crippen LogP) is 2.19. The molecule has 2 unspecified atom stereocenters. The monoisotopic (exact) mass is 296 g/mol. The van der Waals surface area contributed by atoms with Gasteiger partial charge in [-0.2, -0.15) is 0 Å². The Kier molecular flexibility index (Phi) is 5.40. The van der Waals surface area contributed by atoms with Crippen LogP contribution in [-0.2, 0) is 16.1 Å². The first-order valence-electron chi connectivity index (χ1n) is 7.02. The largest absolute Gasteiger partial charge is 0.364 e. The molecule has 1 heterocycles. The number of amides is 1. The van der Waals surface area contributed by atoms with E-state index >= 15 is 0 Å². The number of nitrogens with two attached hydrogens (primary N) is 1. The summed E-state index contributed by atoms with van der Waals surface area (Å²) in [5, 5.41) is 0.686. The predicted molar refractivity (Wildman–Crippen MR) is 79.5 cm³/mol. The van der Waals surface area contributed by atoms with Gasteiger partial charge in [0.25, 0.3) is 5.91 Å². The molecule has 2 N–H and O–H groups in total. The summed E-state index contributed by atoms with van der Waals surface area (Å²) in [5.41, 5.74) is 6.61. The van der Waals surface area contributed by atoms with E-state index in [1.54, 1.807) is 4.90 Å². The highest BCUT2D eigenvalue weighted by atomic mass is 35.5. The molecule has 0 radical (unpaired) electrons. The molecule has 1 amide bonds. The number of carbonyl (C=O) groups excluding carboxylic acids is 1. The van der Waals surface area contributed by atoms with Crippen molar-refractivity contribution in [3.8, 4) is 0 Å². The molecule has 2 atom stereocenters. The molecule has 2 rings (SSSR count). The maximum atomic E-state index is 12.5. The van der Waals surface area contributed by atoms with E-state index in [2.05, 4.69) is 0 Å². The van der Waals surface area contributed by atoms with Crippen LogP contribution in [0.4, 0.5) is 0 Å². The minimum atomic E-state index is -0.345. The van der Waals surface area contributed by atoms with Gasteiger partial charge in [-0.3, -0.25) is 4.79 Å². The molecule has 4 nitrogen and oxygen atoms in total. The molecular weight excluding hydrogens is 276 g/mol. The Labute approximate surface area is 124 Å². The zero-order valence-electron chi connectivity index (χ0n) is 11.7. The van der Waals surface area contributed by atoms with E-state index in [1.807, 2.05) is 31.2 Å². The van der Waals surface area contributed by atoms with Crippen molar-refractivity contribution < 1.29 is 9.53 Å². The normalized spacial score (nSPS) is 21.9. The van der Waals surface area contributed by atoms with Crippen LogP contribution in [0.5, 0.6) is 0 Å². The summed E-state index contributed by atoms with van der Waals surface area (Å²) in [6.45, 7) is 3.66. The van der Waals surface area contributed by atoms with Crippen LogP contribution < -0.4 is 5.73 Å². The molecule has 1 aromatic carbocycles. The number of carbonyl (C=O) groups is 1. The first-order valence-corrected chi connectivity index (χ1v) is 7.40. The van der Waals surface area contributed by atoms with Crippen molar-refractivity contribution in [2.45, 2.75) is 38.5 Å². The number of rotatable bonds is 5. The third-order valence-corrected chi connectivity index (χ3v) is 3.84. The van der Waals surface area contributed by atoms with Crippen LogP contribution in [0.2, 0.25) is 5.02 Å². The van der Waals surface area contributed by atoms with Gasteiger partial charge in [-0.1, -0.05) is 23.7 Å². The second-order valence-corrected chi connectivity index (χ2v) is 5.48. The van der Waals surface area contributed by atoms with Gasteiger partial charge in [-0.25, -0.2) is 0 Å². The lowest BCUT2D eigenvalue weighted by molar-refractivity contribution is -0.143. The molecule has 0 saturated carbocycles. The fourth-order valence-electron chi connectivity index (χ4n) is 2.47. The quantitative estimate of drug-likeness (QED) is 0.906. The SMILES string of the molecule is CCN(Cc1cccc(Cl)c1)C(=O)C1CCC(CN)O1. The average Bonchev–Trinajstić information content (AvgIpc) is 2.93. The number of nitrogens with zero attached hydrogens (tertiary/aromatic N) is 1. The maximum absolute atomic E-state index is 12.5. The number of likely N-dealkylation sites (N-methyl/N-ethyl adjacent to an activating group) is 1. The topological polar surface area (TPSA) is 55.6 Å². The Bertz CT molecular complexity index is 467. The molecule has 5 heteroatoms. The first-order chi connectivity index (χ1) is 9.63. The van der Waals surface area contributed by atoms with E-state index in [1.165, 1.54) is 0 Å². The van der Waals surface area contributed by atoms with Crippen LogP contribution in [0.25, 0.3) is 0 Å². The Morgan fingerprint density at radius 3 is 2.90 bits per heavy atom. The summed E-state index contributed by atoms with van der Waals surface area (Å²) in [4.78, 5) is 14.3. The van der Waals surface area contributed by atoms with Gasteiger partial charge in [0.05, 0.1) is 6.10 Å². The third kappa shape index (κ3) is 3.72. The first kappa shape index (κ1) is 15.3. The fraction of sp³-hybridized carbons (Fsp3) is 0.533. The van der Waals surface area contributed by atoms with Crippen molar-refractivity contribution in [2.75, 3.05) is 13.1 Å². The summed E-state index contributed by atoms with van der Waals surface area (Å²) in [6, 6.07) is 7.58. The minimum absolute atomic E-state index is 0.0221. The summed E-state index contributed by atoms with van der Waals surface area (Å²) in [5.74, 6) is 0.0448. The van der Waals surface area contributed by atoms with Gasteiger partial charge in [0.1, 0.15) is 6.10 Å². The number of hydrogen-bond donors (Lipinski definition) is 1. The van der Waals surface area contributed by atoms with Gasteiger partial charge >= 0.3 is 0 Å². The van der Waals surface area contributed by atoms with E-state index in [0.717, 1.165) is 18.4 Å². The molecule has 20 heavy (non-hydrogen) atoms. The maximum Gasteiger partial charge on any atom is 0.252 e. The lowest BCUT2D eigenvalue weighted by Crippen LogP contribution is -2.39. The number of benzene rings is 1. The summed E-state index contributed by atoms with van der Waals surface area (Å²) >= 11 is 5.97. The van der Waals surface area contributed by atoms with Gasteiger partial charge in [-0.05, 0) is 37.5 Å². The number of halogens is 1. The molecule has 0 spiro atoms. The number of ether oxygens (including phenoxy) is 1. The van der Waals surface area contributed by atoms with Crippen LogP contribution in [0.3, 0.4) is 0 Å². The standard InChI is InChI=1S/C15H21ClN2O2/c1-2-18(10-11-4-3-5-12(16)8-11)15(19)14-7-6-13(9-17)20-14/h3-5,8,13-14H,2,6-7,9-10,17H2,1H3. The highest BCUT2D eigenvalue weighted by molar-refractivity contribution is 6.30. The van der Waals surface area contributed by atoms with E-state index in [0.29, 0.717) is 24.7 Å². The fourth-order valence-corrected chi connectivity index (χ4v) is 2.68. The number of hydrogen-bond acceptors (Lipinski definition) is 3. The summed E-state index contributed by atoms with van der Waals surface area (Å²) in [6.07, 6.45) is 1.30. The van der Waals surface area contributed by atoms with Gasteiger partial charge in [-0.15, -0.1) is 0 Å². The Morgan fingerprint density at radius 1 is 1.50 bits per heavy atom. The van der Waals surface area contributed by atoms with E-state index < -0.39 is 0 Å². The second kappa shape index (κ2) is 7.07. The molecule has 1 fully saturated rings. The van der Waals surface area contributed by atoms with Gasteiger partial charge in [0, 0.05) is 24.7 Å². The highest BCUT2D eigenvalue weighted by Gasteiger charge is 2.32. The zero-order valence-corrected chi connectivity index (χ0v) is 12.5. The minimum Gasteiger partial charge on any atom is -0.364 e. The van der Waals surface area contributed by atoms with Crippen molar-refractivity contribution >= 4 is 17.5 Å². The Balaban J connectivity index is 1.99. The van der Waals surface area contributed by atoms with Crippen LogP contribution in [-0.4, -0.2) is 36.1 Å². The molecular formula is C15H21ClN2O2. The smallest absolute Gasteiger partial charge is 0.252 e. The van der Waals surface area contributed by atoms with Crippen LogP contribution in [0.15, 0.2) is 24.3 Å². The molecule has 1 aliphatic heterocycles. The van der Waals surface area contributed by atoms with Crippen molar-refractivity contribution in [1.29, 1.82) is 0 Å². The molecule has 1 aliphatic rings. The van der Waals surface area contributed by atoms with Crippen molar-refractivity contribution in [3.05, 3.63) is 34.9 Å². The van der Waals surface area contributed by atoms with Crippen LogP contribution in [0.1, 0.15) is 25.3 Å². The lowest BCUT2D eigenvalue weighted by atomic mass is 10.1. The van der Waals surface area contributed by atoms with E-state index in [4.69, 9.17) is 22.1 Å². The van der Waals surface area contributed by atoms with Gasteiger partial charge in [0.15, 0.2) is 0 Å². The molecule has 0 aromatic heterocycles. The van der Waals surface area contributed by atoms with Gasteiger partial charge < -0.3 is 15.4 Å². The van der Waals surface area contributed by atoms with E-state index in [9.17, 15) is 4.79 Å². The van der Waals surface area contributed by atoms with Crippen LogP contribution >= 0.6 is 11.6 Å². The van der Waals surface area contributed by atoms with Crippen molar-refractivity contribution in [2.24, 2.45) is 5.73 Å².